The fraction of sp³-hybridized carbons (Fsp3) is 0.409. The minimum absolute atomic E-state index is 0.887. The number of nitrogens with zero attached hydrogens (tertiary/aromatic N) is 3. The molecule has 4 nitrogen and oxygen atoms in total. The second-order valence-electron chi connectivity index (χ2n) is 7.42. The Morgan fingerprint density at radius 3 is 2.58 bits per heavy atom. The van der Waals surface area contributed by atoms with Gasteiger partial charge in [-0.2, -0.15) is 0 Å². The zero-order valence-corrected chi connectivity index (χ0v) is 16.3. The van der Waals surface area contributed by atoms with E-state index in [1.54, 1.807) is 0 Å². The molecule has 4 heteroatoms. The van der Waals surface area contributed by atoms with Crippen molar-refractivity contribution in [3.8, 4) is 11.1 Å². The summed E-state index contributed by atoms with van der Waals surface area (Å²) in [7, 11) is 4.16. The van der Waals surface area contributed by atoms with Crippen molar-refractivity contribution in [2.75, 3.05) is 45.6 Å². The number of hydrogen-bond donors (Lipinski definition) is 1. The Labute approximate surface area is 157 Å². The quantitative estimate of drug-likeness (QED) is 0.806. The van der Waals surface area contributed by atoms with Crippen molar-refractivity contribution in [2.24, 2.45) is 0 Å². The van der Waals surface area contributed by atoms with Gasteiger partial charge in [0.05, 0.1) is 0 Å². The number of benzene rings is 1. The van der Waals surface area contributed by atoms with Crippen LogP contribution in [0.1, 0.15) is 18.1 Å². The summed E-state index contributed by atoms with van der Waals surface area (Å²) < 4.78 is 0. The predicted molar refractivity (Wildman–Crippen MR) is 111 cm³/mol. The molecule has 1 aromatic heterocycles. The van der Waals surface area contributed by atoms with Crippen LogP contribution in [0.2, 0.25) is 0 Å². The maximum absolute atomic E-state index is 4.50. The number of allylic oxidation sites excluding steroid dienone is 1. The zero-order chi connectivity index (χ0) is 18.5. The van der Waals surface area contributed by atoms with Crippen molar-refractivity contribution in [2.45, 2.75) is 19.9 Å². The third-order valence-corrected chi connectivity index (χ3v) is 5.00. The summed E-state index contributed by atoms with van der Waals surface area (Å²) in [5, 5.41) is 3.28. The fourth-order valence-corrected chi connectivity index (χ4v) is 3.48. The highest BCUT2D eigenvalue weighted by atomic mass is 15.2. The van der Waals surface area contributed by atoms with E-state index in [1.165, 1.54) is 33.5 Å². The maximum Gasteiger partial charge on any atom is 0.0373 e. The van der Waals surface area contributed by atoms with Gasteiger partial charge >= 0.3 is 0 Å². The average molecular weight is 351 g/mol. The minimum atomic E-state index is 0.887. The number of nitrogens with one attached hydrogen (secondary N) is 1. The van der Waals surface area contributed by atoms with Crippen molar-refractivity contribution in [1.29, 1.82) is 0 Å². The van der Waals surface area contributed by atoms with Gasteiger partial charge < -0.3 is 10.2 Å². The Morgan fingerprint density at radius 1 is 1.12 bits per heavy atom. The smallest absolute Gasteiger partial charge is 0.0373 e. The molecule has 1 N–H and O–H groups in total. The van der Waals surface area contributed by atoms with E-state index in [1.807, 2.05) is 19.4 Å². The predicted octanol–water partition coefficient (Wildman–Crippen LogP) is 3.66. The molecule has 0 spiro atoms. The lowest BCUT2D eigenvalue weighted by molar-refractivity contribution is 0.148. The highest BCUT2D eigenvalue weighted by Gasteiger charge is 2.14. The van der Waals surface area contributed by atoms with Gasteiger partial charge in [-0.15, -0.1) is 0 Å². The molecule has 26 heavy (non-hydrogen) atoms. The molecule has 0 amide bonds. The van der Waals surface area contributed by atoms with E-state index in [-0.39, 0.29) is 0 Å². The molecule has 0 bridgehead atoms. The molecule has 138 valence electrons. The second-order valence-corrected chi connectivity index (χ2v) is 7.42. The molecule has 2 heterocycles. The summed E-state index contributed by atoms with van der Waals surface area (Å²) in [4.78, 5) is 9.40. The van der Waals surface area contributed by atoms with E-state index < -0.39 is 0 Å². The molecule has 3 rings (SSSR count). The van der Waals surface area contributed by atoms with E-state index >= 15 is 0 Å². The molecular weight excluding hydrogens is 320 g/mol. The molecule has 0 unspecified atom stereocenters. The van der Waals surface area contributed by atoms with Gasteiger partial charge in [-0.1, -0.05) is 18.2 Å². The molecule has 1 aliphatic rings. The van der Waals surface area contributed by atoms with Gasteiger partial charge in [-0.3, -0.25) is 9.88 Å². The third-order valence-electron chi connectivity index (χ3n) is 5.00. The topological polar surface area (TPSA) is 31.4 Å². The number of likely N-dealkylation sites (N-methyl/N-ethyl adjacent to an activating group) is 1. The van der Waals surface area contributed by atoms with Crippen molar-refractivity contribution >= 4 is 5.69 Å². The molecule has 0 radical (unpaired) electrons. The Balaban J connectivity index is 1.80. The molecule has 1 aliphatic heterocycles. The largest absolute Gasteiger partial charge is 0.388 e. The van der Waals surface area contributed by atoms with E-state index in [9.17, 15) is 0 Å². The average Bonchev–Trinajstić information content (AvgIpc) is 2.63. The molecule has 0 aliphatic carbocycles. The van der Waals surface area contributed by atoms with E-state index in [0.717, 1.165) is 39.1 Å². The Morgan fingerprint density at radius 2 is 1.88 bits per heavy atom. The van der Waals surface area contributed by atoms with Crippen LogP contribution < -0.4 is 5.32 Å². The van der Waals surface area contributed by atoms with Crippen molar-refractivity contribution in [1.82, 2.24) is 14.8 Å². The van der Waals surface area contributed by atoms with Crippen LogP contribution in [0.3, 0.4) is 0 Å². The molecule has 2 aromatic rings. The summed E-state index contributed by atoms with van der Waals surface area (Å²) in [6, 6.07) is 8.87. The first-order chi connectivity index (χ1) is 12.5. The van der Waals surface area contributed by atoms with Gasteiger partial charge in [-0.25, -0.2) is 0 Å². The Bertz CT molecular complexity index is 760. The van der Waals surface area contributed by atoms with Crippen LogP contribution in [-0.4, -0.2) is 55.1 Å². The van der Waals surface area contributed by atoms with Crippen LogP contribution in [0, 0.1) is 0 Å². The van der Waals surface area contributed by atoms with Gasteiger partial charge in [0.2, 0.25) is 0 Å². The monoisotopic (exact) mass is 350 g/mol. The second kappa shape index (κ2) is 8.47. The minimum Gasteiger partial charge on any atom is -0.388 e. The van der Waals surface area contributed by atoms with Gasteiger partial charge in [0, 0.05) is 63.4 Å². The lowest BCUT2D eigenvalue weighted by Gasteiger charge is -2.32. The summed E-state index contributed by atoms with van der Waals surface area (Å²) >= 11 is 0. The summed E-state index contributed by atoms with van der Waals surface area (Å²) in [6.07, 6.45) is 4.85. The lowest BCUT2D eigenvalue weighted by Crippen LogP contribution is -2.43. The van der Waals surface area contributed by atoms with E-state index in [0.29, 0.717) is 0 Å². The number of hydrogen-bond acceptors (Lipinski definition) is 4. The number of aromatic nitrogens is 1. The Kier molecular flexibility index (Phi) is 6.07. The van der Waals surface area contributed by atoms with E-state index in [2.05, 4.69) is 64.9 Å². The number of piperazine rings is 1. The third kappa shape index (κ3) is 4.71. The van der Waals surface area contributed by atoms with Crippen LogP contribution >= 0.6 is 0 Å². The summed E-state index contributed by atoms with van der Waals surface area (Å²) in [5.41, 5.74) is 7.29. The van der Waals surface area contributed by atoms with E-state index in [4.69, 9.17) is 0 Å². The standard InChI is InChI=1S/C22H30N4/c1-17(2)11-20-13-19(5-6-22(20)23-3)21-12-18(14-24-15-21)16-26-9-7-25(4)8-10-26/h5-6,12-15,23H,1,7-11,16H2,2-4H3. The molecule has 1 fully saturated rings. The highest BCUT2D eigenvalue weighted by molar-refractivity contribution is 5.68. The molecule has 1 aromatic carbocycles. The molecule has 1 saturated heterocycles. The van der Waals surface area contributed by atoms with Crippen molar-refractivity contribution in [3.63, 3.8) is 0 Å². The summed E-state index contributed by atoms with van der Waals surface area (Å²) in [6.45, 7) is 11.6. The molecule has 0 atom stereocenters. The first-order valence-corrected chi connectivity index (χ1v) is 9.35. The van der Waals surface area contributed by atoms with Crippen LogP contribution in [-0.2, 0) is 13.0 Å². The zero-order valence-electron chi connectivity index (χ0n) is 16.3. The lowest BCUT2D eigenvalue weighted by atomic mass is 9.98. The highest BCUT2D eigenvalue weighted by Crippen LogP contribution is 2.27. The van der Waals surface area contributed by atoms with Gasteiger partial charge in [0.1, 0.15) is 0 Å². The van der Waals surface area contributed by atoms with Crippen LogP contribution in [0.25, 0.3) is 11.1 Å². The molecule has 0 saturated carbocycles. The number of anilines is 1. The van der Waals surface area contributed by atoms with Crippen molar-refractivity contribution in [3.05, 3.63) is 59.9 Å². The van der Waals surface area contributed by atoms with Crippen LogP contribution in [0.4, 0.5) is 5.69 Å². The SMILES string of the molecule is C=C(C)Cc1cc(-c2cncc(CN3CCN(C)CC3)c2)ccc1NC. The van der Waals surface area contributed by atoms with Gasteiger partial charge in [0.15, 0.2) is 0 Å². The first-order valence-electron chi connectivity index (χ1n) is 9.35. The number of rotatable bonds is 6. The van der Waals surface area contributed by atoms with Gasteiger partial charge in [0.25, 0.3) is 0 Å². The first kappa shape index (κ1) is 18.6. The van der Waals surface area contributed by atoms with Crippen LogP contribution in [0.5, 0.6) is 0 Å². The van der Waals surface area contributed by atoms with Crippen LogP contribution in [0.15, 0.2) is 48.8 Å². The fourth-order valence-electron chi connectivity index (χ4n) is 3.48. The Hall–Kier alpha value is -2.17. The maximum atomic E-state index is 4.50. The summed E-state index contributed by atoms with van der Waals surface area (Å²) in [5.74, 6) is 0. The van der Waals surface area contributed by atoms with Gasteiger partial charge in [-0.05, 0) is 55.3 Å². The van der Waals surface area contributed by atoms with Crippen molar-refractivity contribution < 1.29 is 0 Å². The normalized spacial score (nSPS) is 15.8. The number of pyridine rings is 1. The molecular formula is C22H30N4.